The van der Waals surface area contributed by atoms with Gasteiger partial charge in [-0.15, -0.1) is 0 Å². The molecular weight excluding hydrogens is 436 g/mol. The number of carbonyl (C=O) groups excluding carboxylic acids is 1. The molecule has 6 nitrogen and oxygen atoms in total. The van der Waals surface area contributed by atoms with E-state index in [4.69, 9.17) is 16.3 Å². The molecule has 0 aliphatic rings. The second kappa shape index (κ2) is 9.41. The van der Waals surface area contributed by atoms with E-state index < -0.39 is 16.1 Å². The minimum atomic E-state index is -3.81. The molecule has 2 N–H and O–H groups in total. The third kappa shape index (κ3) is 5.57. The lowest BCUT2D eigenvalue weighted by Crippen LogP contribution is -2.30. The summed E-state index contributed by atoms with van der Waals surface area (Å²) in [5.41, 5.74) is 2.44. The van der Waals surface area contributed by atoms with Gasteiger partial charge in [0.1, 0.15) is 5.75 Å². The van der Waals surface area contributed by atoms with Crippen LogP contribution in [0.2, 0.25) is 5.02 Å². The van der Waals surface area contributed by atoms with Crippen molar-refractivity contribution in [2.24, 2.45) is 0 Å². The molecule has 1 atom stereocenters. The monoisotopic (exact) mass is 458 g/mol. The van der Waals surface area contributed by atoms with Gasteiger partial charge in [0.15, 0.2) is 6.10 Å². The van der Waals surface area contributed by atoms with Crippen molar-refractivity contribution in [3.63, 3.8) is 0 Å². The Labute approximate surface area is 187 Å². The number of amides is 1. The lowest BCUT2D eigenvalue weighted by atomic mass is 10.2. The fraction of sp³-hybridized carbons (Fsp3) is 0.174. The fourth-order valence-electron chi connectivity index (χ4n) is 2.82. The van der Waals surface area contributed by atoms with Crippen LogP contribution >= 0.6 is 11.6 Å². The normalized spacial score (nSPS) is 12.1. The Bertz CT molecular complexity index is 1190. The summed E-state index contributed by atoms with van der Waals surface area (Å²) in [6.07, 6.45) is -0.725. The number of rotatable bonds is 7. The highest BCUT2D eigenvalue weighted by molar-refractivity contribution is 7.92. The predicted molar refractivity (Wildman–Crippen MR) is 123 cm³/mol. The third-order valence-electron chi connectivity index (χ3n) is 4.71. The number of anilines is 2. The van der Waals surface area contributed by atoms with E-state index in [0.717, 1.165) is 5.56 Å². The molecule has 162 valence electrons. The molecule has 0 spiro atoms. The smallest absolute Gasteiger partial charge is 0.265 e. The zero-order valence-corrected chi connectivity index (χ0v) is 18.9. The number of carbonyl (C=O) groups is 1. The molecule has 1 unspecified atom stereocenters. The molecule has 8 heteroatoms. The molecule has 3 rings (SSSR count). The Hall–Kier alpha value is -3.03. The maximum Gasteiger partial charge on any atom is 0.265 e. The minimum absolute atomic E-state index is 0.0640. The summed E-state index contributed by atoms with van der Waals surface area (Å²) >= 11 is 6.06. The van der Waals surface area contributed by atoms with E-state index in [-0.39, 0.29) is 10.8 Å². The fourth-order valence-corrected chi connectivity index (χ4v) is 4.11. The summed E-state index contributed by atoms with van der Waals surface area (Å²) in [7, 11) is -3.81. The van der Waals surface area contributed by atoms with E-state index >= 15 is 0 Å². The van der Waals surface area contributed by atoms with Gasteiger partial charge in [-0.2, -0.15) is 0 Å². The molecule has 0 aliphatic heterocycles. The first-order chi connectivity index (χ1) is 14.7. The largest absolute Gasteiger partial charge is 0.481 e. The second-order valence-electron chi connectivity index (χ2n) is 7.06. The molecule has 31 heavy (non-hydrogen) atoms. The summed E-state index contributed by atoms with van der Waals surface area (Å²) in [6.45, 7) is 5.29. The number of para-hydroxylation sites is 1. The number of sulfonamides is 1. The van der Waals surface area contributed by atoms with Crippen LogP contribution in [-0.4, -0.2) is 20.4 Å². The summed E-state index contributed by atoms with van der Waals surface area (Å²) in [5, 5.41) is 3.20. The van der Waals surface area contributed by atoms with Crippen LogP contribution in [-0.2, 0) is 14.8 Å². The first-order valence-electron chi connectivity index (χ1n) is 9.58. The molecule has 0 heterocycles. The van der Waals surface area contributed by atoms with Crippen LogP contribution in [0, 0.1) is 13.8 Å². The Morgan fingerprint density at radius 1 is 0.968 bits per heavy atom. The Morgan fingerprint density at radius 2 is 1.65 bits per heavy atom. The van der Waals surface area contributed by atoms with Crippen molar-refractivity contribution in [2.45, 2.75) is 31.8 Å². The number of halogens is 1. The average Bonchev–Trinajstić information content (AvgIpc) is 2.73. The van der Waals surface area contributed by atoms with Gasteiger partial charge < -0.3 is 10.1 Å². The first-order valence-corrected chi connectivity index (χ1v) is 11.4. The topological polar surface area (TPSA) is 84.5 Å². The van der Waals surface area contributed by atoms with Gasteiger partial charge in [-0.1, -0.05) is 35.9 Å². The van der Waals surface area contributed by atoms with Gasteiger partial charge >= 0.3 is 0 Å². The summed E-state index contributed by atoms with van der Waals surface area (Å²) in [5.74, 6) is 0.292. The maximum atomic E-state index is 12.7. The van der Waals surface area contributed by atoms with E-state index in [1.807, 2.05) is 25.1 Å². The van der Waals surface area contributed by atoms with Gasteiger partial charge in [-0.05, 0) is 74.4 Å². The highest BCUT2D eigenvalue weighted by Gasteiger charge is 2.18. The molecule has 0 aromatic heterocycles. The summed E-state index contributed by atoms with van der Waals surface area (Å²) in [6, 6.07) is 18.3. The van der Waals surface area contributed by atoms with Gasteiger partial charge in [0.25, 0.3) is 15.9 Å². The molecule has 3 aromatic carbocycles. The van der Waals surface area contributed by atoms with Gasteiger partial charge in [0.05, 0.1) is 10.6 Å². The molecular formula is C23H23ClN2O4S. The zero-order valence-electron chi connectivity index (χ0n) is 17.3. The molecule has 0 radical (unpaired) electrons. The number of aryl methyl sites for hydroxylation is 1. The highest BCUT2D eigenvalue weighted by Crippen LogP contribution is 2.26. The SMILES string of the molecule is Cc1ccccc1OC(C)C(=O)Nc1ccc(S(=O)(=O)Nc2cccc(Cl)c2C)cc1. The number of hydrogen-bond donors (Lipinski definition) is 2. The van der Waals surface area contributed by atoms with Gasteiger partial charge in [0.2, 0.25) is 0 Å². The highest BCUT2D eigenvalue weighted by atomic mass is 35.5. The van der Waals surface area contributed by atoms with Crippen molar-refractivity contribution < 1.29 is 17.9 Å². The number of hydrogen-bond acceptors (Lipinski definition) is 4. The van der Waals surface area contributed by atoms with Crippen LogP contribution < -0.4 is 14.8 Å². The quantitative estimate of drug-likeness (QED) is 0.512. The molecule has 0 saturated carbocycles. The van der Waals surface area contributed by atoms with Gasteiger partial charge in [-0.25, -0.2) is 8.42 Å². The van der Waals surface area contributed by atoms with Crippen LogP contribution in [0.15, 0.2) is 71.6 Å². The molecule has 0 fully saturated rings. The maximum absolute atomic E-state index is 12.7. The van der Waals surface area contributed by atoms with Crippen molar-refractivity contribution in [3.8, 4) is 5.75 Å². The van der Waals surface area contributed by atoms with Gasteiger partial charge in [-0.3, -0.25) is 9.52 Å². The molecule has 1 amide bonds. The summed E-state index contributed by atoms with van der Waals surface area (Å²) < 4.78 is 33.6. The van der Waals surface area contributed by atoms with Crippen molar-refractivity contribution in [1.82, 2.24) is 0 Å². The van der Waals surface area contributed by atoms with Crippen LogP contribution in [0.5, 0.6) is 5.75 Å². The van der Waals surface area contributed by atoms with Gasteiger partial charge in [0, 0.05) is 10.7 Å². The van der Waals surface area contributed by atoms with Crippen molar-refractivity contribution in [3.05, 3.63) is 82.9 Å². The average molecular weight is 459 g/mol. The lowest BCUT2D eigenvalue weighted by Gasteiger charge is -2.16. The lowest BCUT2D eigenvalue weighted by molar-refractivity contribution is -0.122. The van der Waals surface area contributed by atoms with E-state index in [2.05, 4.69) is 10.0 Å². The van der Waals surface area contributed by atoms with E-state index in [9.17, 15) is 13.2 Å². The van der Waals surface area contributed by atoms with Crippen LogP contribution in [0.3, 0.4) is 0 Å². The third-order valence-corrected chi connectivity index (χ3v) is 6.50. The van der Waals surface area contributed by atoms with Crippen LogP contribution in [0.4, 0.5) is 11.4 Å². The zero-order chi connectivity index (χ0) is 22.6. The van der Waals surface area contributed by atoms with Crippen molar-refractivity contribution in [2.75, 3.05) is 10.0 Å². The number of nitrogens with one attached hydrogen (secondary N) is 2. The molecule has 0 aliphatic carbocycles. The predicted octanol–water partition coefficient (Wildman–Crippen LogP) is 5.16. The van der Waals surface area contributed by atoms with E-state index in [1.165, 1.54) is 24.3 Å². The second-order valence-corrected chi connectivity index (χ2v) is 9.15. The number of benzene rings is 3. The van der Waals surface area contributed by atoms with Crippen molar-refractivity contribution in [1.29, 1.82) is 0 Å². The van der Waals surface area contributed by atoms with Crippen LogP contribution in [0.1, 0.15) is 18.1 Å². The van der Waals surface area contributed by atoms with E-state index in [1.54, 1.807) is 38.1 Å². The molecule has 0 saturated heterocycles. The standard InChI is InChI=1S/C23H23ClN2O4S/c1-15-7-4-5-10-22(15)30-17(3)23(27)25-18-11-13-19(14-12-18)31(28,29)26-21-9-6-8-20(24)16(21)2/h4-14,17,26H,1-3H3,(H,25,27). The minimum Gasteiger partial charge on any atom is -0.481 e. The number of ether oxygens (including phenoxy) is 1. The Kier molecular flexibility index (Phi) is 6.87. The Morgan fingerprint density at radius 3 is 2.32 bits per heavy atom. The van der Waals surface area contributed by atoms with Crippen molar-refractivity contribution >= 4 is 38.9 Å². The summed E-state index contributed by atoms with van der Waals surface area (Å²) in [4.78, 5) is 12.5. The molecule has 0 bridgehead atoms. The first kappa shape index (κ1) is 22.7. The van der Waals surface area contributed by atoms with E-state index in [0.29, 0.717) is 27.7 Å². The molecule has 3 aromatic rings. The van der Waals surface area contributed by atoms with Crippen LogP contribution in [0.25, 0.3) is 0 Å². The Balaban J connectivity index is 1.67.